The van der Waals surface area contributed by atoms with E-state index in [-0.39, 0.29) is 5.82 Å². The van der Waals surface area contributed by atoms with Gasteiger partial charge in [0.25, 0.3) is 0 Å². The molecule has 5 aromatic heterocycles. The van der Waals surface area contributed by atoms with Crippen molar-refractivity contribution in [3.8, 4) is 28.3 Å². The first-order valence-electron chi connectivity index (χ1n) is 9.46. The van der Waals surface area contributed by atoms with Crippen LogP contribution in [-0.4, -0.2) is 44.7 Å². The molecule has 0 unspecified atom stereocenters. The summed E-state index contributed by atoms with van der Waals surface area (Å²) in [4.78, 5) is 24.6. The molecule has 1 aromatic carbocycles. The van der Waals surface area contributed by atoms with E-state index < -0.39 is 0 Å². The van der Waals surface area contributed by atoms with E-state index in [0.717, 1.165) is 22.3 Å². The third kappa shape index (κ3) is 2.76. The first kappa shape index (κ1) is 17.4. The Morgan fingerprint density at radius 2 is 1.97 bits per heavy atom. The number of halogens is 1. The second-order valence-electron chi connectivity index (χ2n) is 7.11. The second-order valence-corrected chi connectivity index (χ2v) is 7.11. The van der Waals surface area contributed by atoms with Crippen molar-refractivity contribution in [1.29, 1.82) is 0 Å². The maximum absolute atomic E-state index is 14.7. The summed E-state index contributed by atoms with van der Waals surface area (Å²) in [5.41, 5.74) is 5.18. The van der Waals surface area contributed by atoms with Crippen molar-refractivity contribution >= 4 is 22.1 Å². The number of aryl methyl sites for hydroxylation is 1. The van der Waals surface area contributed by atoms with Crippen LogP contribution in [0.3, 0.4) is 0 Å². The highest BCUT2D eigenvalue weighted by molar-refractivity contribution is 5.96. The topological polar surface area (TPSA) is 114 Å². The van der Waals surface area contributed by atoms with Crippen molar-refractivity contribution in [3.63, 3.8) is 0 Å². The standard InChI is InChI=1S/C21H14FN9/c1-11-8-31(10-26-11)17-2-3-25-20-19(17)27-21(28-20)18-14-4-13(12-6-23-9-24-7-12)15(22)5-16(14)29-30-18/h2-10H,1H3,(H,29,30)(H,25,27,28). The molecule has 5 heterocycles. The minimum atomic E-state index is -0.387. The summed E-state index contributed by atoms with van der Waals surface area (Å²) in [6.07, 6.45) is 9.91. The molecule has 0 aliphatic rings. The highest BCUT2D eigenvalue weighted by Crippen LogP contribution is 2.32. The number of rotatable bonds is 3. The summed E-state index contributed by atoms with van der Waals surface area (Å²) in [6.45, 7) is 1.93. The molecule has 10 heteroatoms. The molecule has 0 amide bonds. The minimum absolute atomic E-state index is 0.387. The Labute approximate surface area is 174 Å². The number of imidazole rings is 2. The first-order chi connectivity index (χ1) is 15.2. The quantitative estimate of drug-likeness (QED) is 0.460. The van der Waals surface area contributed by atoms with Crippen LogP contribution in [0.15, 0.2) is 55.6 Å². The molecule has 6 rings (SSSR count). The normalized spacial score (nSPS) is 11.5. The van der Waals surface area contributed by atoms with Gasteiger partial charge in [0.15, 0.2) is 11.5 Å². The van der Waals surface area contributed by atoms with Crippen LogP contribution >= 0.6 is 0 Å². The number of pyridine rings is 1. The molecule has 9 nitrogen and oxygen atoms in total. The van der Waals surface area contributed by atoms with Crippen LogP contribution in [0.4, 0.5) is 4.39 Å². The molecule has 0 fully saturated rings. The van der Waals surface area contributed by atoms with Crippen LogP contribution in [-0.2, 0) is 0 Å². The van der Waals surface area contributed by atoms with Crippen LogP contribution in [0.5, 0.6) is 0 Å². The molecule has 150 valence electrons. The van der Waals surface area contributed by atoms with Crippen LogP contribution < -0.4 is 0 Å². The van der Waals surface area contributed by atoms with E-state index in [1.165, 1.54) is 12.4 Å². The number of fused-ring (bicyclic) bond motifs is 2. The highest BCUT2D eigenvalue weighted by Gasteiger charge is 2.18. The molecule has 0 saturated carbocycles. The Kier molecular flexibility index (Phi) is 3.66. The van der Waals surface area contributed by atoms with Gasteiger partial charge in [-0.15, -0.1) is 0 Å². The molecule has 0 radical (unpaired) electrons. The fraction of sp³-hybridized carbons (Fsp3) is 0.0476. The lowest BCUT2D eigenvalue weighted by atomic mass is 10.0. The van der Waals surface area contributed by atoms with Crippen molar-refractivity contribution in [2.24, 2.45) is 0 Å². The Hall–Kier alpha value is -4.47. The molecule has 0 bridgehead atoms. The van der Waals surface area contributed by atoms with Gasteiger partial charge in [0.05, 0.1) is 23.2 Å². The fourth-order valence-electron chi connectivity index (χ4n) is 3.66. The van der Waals surface area contributed by atoms with E-state index >= 15 is 0 Å². The van der Waals surface area contributed by atoms with Gasteiger partial charge in [-0.2, -0.15) is 5.10 Å². The number of nitrogens with zero attached hydrogens (tertiary/aromatic N) is 7. The number of benzene rings is 1. The lowest BCUT2D eigenvalue weighted by Crippen LogP contribution is -1.92. The number of hydrogen-bond donors (Lipinski definition) is 2. The van der Waals surface area contributed by atoms with Gasteiger partial charge in [-0.3, -0.25) is 5.10 Å². The van der Waals surface area contributed by atoms with Gasteiger partial charge in [-0.25, -0.2) is 29.3 Å². The smallest absolute Gasteiger partial charge is 0.180 e. The van der Waals surface area contributed by atoms with Crippen molar-refractivity contribution in [2.75, 3.05) is 0 Å². The molecule has 31 heavy (non-hydrogen) atoms. The SMILES string of the molecule is Cc1cn(-c2ccnc3nc(-c4n[nH]c5cc(F)c(-c6cncnc6)cc45)[nH]c23)cn1. The zero-order chi connectivity index (χ0) is 20.9. The van der Waals surface area contributed by atoms with Crippen LogP contribution in [0.25, 0.3) is 50.4 Å². The van der Waals surface area contributed by atoms with Gasteiger partial charge >= 0.3 is 0 Å². The summed E-state index contributed by atoms with van der Waals surface area (Å²) >= 11 is 0. The molecule has 0 aliphatic carbocycles. The molecular weight excluding hydrogens is 397 g/mol. The minimum Gasteiger partial charge on any atom is -0.333 e. The maximum Gasteiger partial charge on any atom is 0.180 e. The second kappa shape index (κ2) is 6.52. The number of nitrogens with one attached hydrogen (secondary N) is 2. The molecule has 0 aliphatic heterocycles. The fourth-order valence-corrected chi connectivity index (χ4v) is 3.66. The number of aromatic nitrogens is 9. The van der Waals surface area contributed by atoms with Gasteiger partial charge in [0.2, 0.25) is 0 Å². The zero-order valence-electron chi connectivity index (χ0n) is 16.2. The van der Waals surface area contributed by atoms with Gasteiger partial charge in [-0.05, 0) is 19.1 Å². The molecule has 2 N–H and O–H groups in total. The summed E-state index contributed by atoms with van der Waals surface area (Å²) in [6, 6.07) is 5.02. The maximum atomic E-state index is 14.7. The number of aromatic amines is 2. The van der Waals surface area contributed by atoms with E-state index in [2.05, 4.69) is 40.1 Å². The van der Waals surface area contributed by atoms with Crippen molar-refractivity contribution in [3.05, 3.63) is 67.2 Å². The van der Waals surface area contributed by atoms with E-state index in [1.807, 2.05) is 23.8 Å². The van der Waals surface area contributed by atoms with Gasteiger partial charge < -0.3 is 9.55 Å². The van der Waals surface area contributed by atoms with E-state index in [0.29, 0.717) is 33.8 Å². The average Bonchev–Trinajstić information content (AvgIpc) is 3.50. The first-order valence-corrected chi connectivity index (χ1v) is 9.46. The highest BCUT2D eigenvalue weighted by atomic mass is 19.1. The van der Waals surface area contributed by atoms with Crippen LogP contribution in [0.1, 0.15) is 5.69 Å². The summed E-state index contributed by atoms with van der Waals surface area (Å²) in [7, 11) is 0. The zero-order valence-corrected chi connectivity index (χ0v) is 16.2. The molecule has 0 saturated heterocycles. The van der Waals surface area contributed by atoms with Gasteiger partial charge in [-0.1, -0.05) is 0 Å². The van der Waals surface area contributed by atoms with Crippen molar-refractivity contribution in [1.82, 2.24) is 44.7 Å². The Balaban J connectivity index is 1.54. The summed E-state index contributed by atoms with van der Waals surface area (Å²) in [5.74, 6) is 0.140. The van der Waals surface area contributed by atoms with Crippen LogP contribution in [0.2, 0.25) is 0 Å². The third-order valence-electron chi connectivity index (χ3n) is 5.11. The molecular formula is C21H14FN9. The van der Waals surface area contributed by atoms with E-state index in [4.69, 9.17) is 0 Å². The molecule has 0 atom stereocenters. The van der Waals surface area contributed by atoms with Gasteiger partial charge in [0.1, 0.15) is 23.4 Å². The average molecular weight is 411 g/mol. The Bertz CT molecular complexity index is 1560. The Morgan fingerprint density at radius 1 is 1.10 bits per heavy atom. The number of H-pyrrole nitrogens is 2. The monoisotopic (exact) mass is 411 g/mol. The Morgan fingerprint density at radius 3 is 2.77 bits per heavy atom. The summed E-state index contributed by atoms with van der Waals surface area (Å²) in [5, 5.41) is 7.98. The predicted molar refractivity (Wildman–Crippen MR) is 112 cm³/mol. The predicted octanol–water partition coefficient (Wildman–Crippen LogP) is 3.59. The molecule has 6 aromatic rings. The third-order valence-corrected chi connectivity index (χ3v) is 5.11. The van der Waals surface area contributed by atoms with Gasteiger partial charge in [0, 0.05) is 47.4 Å². The van der Waals surface area contributed by atoms with Crippen molar-refractivity contribution in [2.45, 2.75) is 6.92 Å². The van der Waals surface area contributed by atoms with Crippen molar-refractivity contribution < 1.29 is 4.39 Å². The van der Waals surface area contributed by atoms with Crippen LogP contribution in [0, 0.1) is 12.7 Å². The lowest BCUT2D eigenvalue weighted by molar-refractivity contribution is 0.632. The largest absolute Gasteiger partial charge is 0.333 e. The van der Waals surface area contributed by atoms with E-state index in [9.17, 15) is 4.39 Å². The summed E-state index contributed by atoms with van der Waals surface area (Å²) < 4.78 is 16.6. The lowest BCUT2D eigenvalue weighted by Gasteiger charge is -2.03. The van der Waals surface area contributed by atoms with E-state index in [1.54, 1.807) is 31.0 Å². The molecule has 0 spiro atoms. The number of hydrogen-bond acceptors (Lipinski definition) is 6.